The van der Waals surface area contributed by atoms with E-state index >= 15 is 0 Å². The van der Waals surface area contributed by atoms with Gasteiger partial charge in [-0.3, -0.25) is 4.99 Å². The molecule has 1 saturated heterocycles. The number of rotatable bonds is 1. The van der Waals surface area contributed by atoms with Crippen LogP contribution in [0, 0.1) is 0 Å². The summed E-state index contributed by atoms with van der Waals surface area (Å²) in [7, 11) is 2.23. The van der Waals surface area contributed by atoms with E-state index in [2.05, 4.69) is 29.2 Å². The number of hydrogen-bond acceptors (Lipinski definition) is 3. The van der Waals surface area contributed by atoms with Gasteiger partial charge in [-0.25, -0.2) is 0 Å². The molecular weight excluding hydrogens is 198 g/mol. The molecule has 1 N–H and O–H groups in total. The molecule has 1 fully saturated rings. The van der Waals surface area contributed by atoms with Gasteiger partial charge in [-0.2, -0.15) is 0 Å². The van der Waals surface area contributed by atoms with Crippen LogP contribution >= 0.6 is 0 Å². The minimum absolute atomic E-state index is 0.656. The Morgan fingerprint density at radius 2 is 2.19 bits per heavy atom. The molecule has 3 nitrogen and oxygen atoms in total. The van der Waals surface area contributed by atoms with E-state index in [0.29, 0.717) is 12.1 Å². The van der Waals surface area contributed by atoms with Crippen molar-refractivity contribution in [2.24, 2.45) is 4.99 Å². The molecule has 16 heavy (non-hydrogen) atoms. The maximum atomic E-state index is 4.65. The zero-order chi connectivity index (χ0) is 11.4. The standard InChI is InChI=1S/C13H25N3/c1-11-10-12(7-9-16(11)2)15-13-6-4-3-5-8-14-13/h11-12H,3-10H2,1-2H3,(H,14,15). The highest BCUT2D eigenvalue weighted by Crippen LogP contribution is 2.16. The summed E-state index contributed by atoms with van der Waals surface area (Å²) >= 11 is 0. The summed E-state index contributed by atoms with van der Waals surface area (Å²) in [4.78, 5) is 7.10. The number of aliphatic imine (C=N–C) groups is 1. The van der Waals surface area contributed by atoms with Crippen LogP contribution in [-0.4, -0.2) is 43.0 Å². The summed E-state index contributed by atoms with van der Waals surface area (Å²) in [6.07, 6.45) is 7.62. The molecule has 2 heterocycles. The molecule has 0 bridgehead atoms. The first-order valence-corrected chi connectivity index (χ1v) is 6.76. The molecule has 2 rings (SSSR count). The van der Waals surface area contributed by atoms with E-state index in [0.717, 1.165) is 6.54 Å². The number of piperidine rings is 1. The molecule has 0 radical (unpaired) electrons. The zero-order valence-corrected chi connectivity index (χ0v) is 10.7. The SMILES string of the molecule is CC1CC(NC2=NCCCCC2)CCN1C. The summed E-state index contributed by atoms with van der Waals surface area (Å²) in [6.45, 7) is 4.57. The molecule has 0 amide bonds. The van der Waals surface area contributed by atoms with Crippen molar-refractivity contribution in [3.05, 3.63) is 0 Å². The number of nitrogens with one attached hydrogen (secondary N) is 1. The first-order chi connectivity index (χ1) is 7.75. The molecule has 0 aromatic heterocycles. The smallest absolute Gasteiger partial charge is 0.0965 e. The Hall–Kier alpha value is -0.570. The third-order valence-electron chi connectivity index (χ3n) is 3.95. The van der Waals surface area contributed by atoms with Crippen molar-refractivity contribution < 1.29 is 0 Å². The molecule has 92 valence electrons. The topological polar surface area (TPSA) is 27.6 Å². The maximum Gasteiger partial charge on any atom is 0.0965 e. The van der Waals surface area contributed by atoms with Crippen LogP contribution in [0.1, 0.15) is 45.4 Å². The quantitative estimate of drug-likeness (QED) is 0.736. The van der Waals surface area contributed by atoms with Crippen molar-refractivity contribution >= 4 is 5.84 Å². The molecule has 0 spiro atoms. The van der Waals surface area contributed by atoms with E-state index in [4.69, 9.17) is 0 Å². The molecule has 0 aromatic carbocycles. The average molecular weight is 223 g/mol. The lowest BCUT2D eigenvalue weighted by atomic mass is 9.98. The fraction of sp³-hybridized carbons (Fsp3) is 0.923. The van der Waals surface area contributed by atoms with Crippen molar-refractivity contribution in [3.8, 4) is 0 Å². The van der Waals surface area contributed by atoms with E-state index in [1.807, 2.05) is 0 Å². The van der Waals surface area contributed by atoms with Crippen LogP contribution in [0.15, 0.2) is 4.99 Å². The number of nitrogens with zero attached hydrogens (tertiary/aromatic N) is 2. The predicted molar refractivity (Wildman–Crippen MR) is 69.0 cm³/mol. The second kappa shape index (κ2) is 5.67. The zero-order valence-electron chi connectivity index (χ0n) is 10.7. The van der Waals surface area contributed by atoms with Gasteiger partial charge in [0.15, 0.2) is 0 Å². The molecule has 2 atom stereocenters. The summed E-state index contributed by atoms with van der Waals surface area (Å²) in [5, 5.41) is 3.67. The maximum absolute atomic E-state index is 4.65. The van der Waals surface area contributed by atoms with Crippen LogP contribution in [0.2, 0.25) is 0 Å². The van der Waals surface area contributed by atoms with Crippen LogP contribution in [-0.2, 0) is 0 Å². The van der Waals surface area contributed by atoms with E-state index in [-0.39, 0.29) is 0 Å². The first-order valence-electron chi connectivity index (χ1n) is 6.76. The largest absolute Gasteiger partial charge is 0.371 e. The number of likely N-dealkylation sites (tertiary alicyclic amines) is 1. The van der Waals surface area contributed by atoms with Gasteiger partial charge in [-0.1, -0.05) is 6.42 Å². The van der Waals surface area contributed by atoms with Crippen LogP contribution in [0.3, 0.4) is 0 Å². The number of hydrogen-bond donors (Lipinski definition) is 1. The molecule has 2 aliphatic heterocycles. The highest BCUT2D eigenvalue weighted by atomic mass is 15.2. The second-order valence-electron chi connectivity index (χ2n) is 5.33. The van der Waals surface area contributed by atoms with Crippen LogP contribution in [0.25, 0.3) is 0 Å². The van der Waals surface area contributed by atoms with E-state index in [1.54, 1.807) is 0 Å². The third kappa shape index (κ3) is 3.21. The van der Waals surface area contributed by atoms with Gasteiger partial charge in [-0.05, 0) is 39.7 Å². The highest BCUT2D eigenvalue weighted by Gasteiger charge is 2.23. The Morgan fingerprint density at radius 1 is 1.31 bits per heavy atom. The highest BCUT2D eigenvalue weighted by molar-refractivity contribution is 5.82. The molecule has 0 aromatic rings. The number of amidine groups is 1. The molecule has 2 aliphatic rings. The minimum atomic E-state index is 0.656. The van der Waals surface area contributed by atoms with Gasteiger partial charge in [0.25, 0.3) is 0 Å². The lowest BCUT2D eigenvalue weighted by molar-refractivity contribution is 0.176. The van der Waals surface area contributed by atoms with Crippen LogP contribution in [0.5, 0.6) is 0 Å². The van der Waals surface area contributed by atoms with Crippen LogP contribution < -0.4 is 5.32 Å². The Labute approximate surface area is 99.3 Å². The van der Waals surface area contributed by atoms with Gasteiger partial charge >= 0.3 is 0 Å². The fourth-order valence-electron chi connectivity index (χ4n) is 2.65. The van der Waals surface area contributed by atoms with Gasteiger partial charge in [0.2, 0.25) is 0 Å². The summed E-state index contributed by atoms with van der Waals surface area (Å²) in [5.74, 6) is 1.28. The lowest BCUT2D eigenvalue weighted by Gasteiger charge is -2.35. The van der Waals surface area contributed by atoms with Gasteiger partial charge < -0.3 is 10.2 Å². The Morgan fingerprint density at radius 3 is 3.00 bits per heavy atom. The van der Waals surface area contributed by atoms with Crippen molar-refractivity contribution in [2.75, 3.05) is 20.1 Å². The average Bonchev–Trinajstić information content (AvgIpc) is 2.52. The van der Waals surface area contributed by atoms with Crippen molar-refractivity contribution in [3.63, 3.8) is 0 Å². The Kier molecular flexibility index (Phi) is 4.22. The molecule has 0 aliphatic carbocycles. The van der Waals surface area contributed by atoms with Crippen LogP contribution in [0.4, 0.5) is 0 Å². The lowest BCUT2D eigenvalue weighted by Crippen LogP contribution is -2.47. The normalized spacial score (nSPS) is 33.0. The van der Waals surface area contributed by atoms with Gasteiger partial charge in [0.05, 0.1) is 5.84 Å². The molecular formula is C13H25N3. The molecule has 3 heteroatoms. The minimum Gasteiger partial charge on any atom is -0.371 e. The fourth-order valence-corrected chi connectivity index (χ4v) is 2.65. The van der Waals surface area contributed by atoms with Gasteiger partial charge in [0, 0.05) is 31.6 Å². The van der Waals surface area contributed by atoms with Crippen molar-refractivity contribution in [2.45, 2.75) is 57.5 Å². The molecule has 2 unspecified atom stereocenters. The van der Waals surface area contributed by atoms with E-state index < -0.39 is 0 Å². The van der Waals surface area contributed by atoms with Gasteiger partial charge in [-0.15, -0.1) is 0 Å². The second-order valence-corrected chi connectivity index (χ2v) is 5.33. The Bertz CT molecular complexity index is 250. The van der Waals surface area contributed by atoms with Crippen molar-refractivity contribution in [1.82, 2.24) is 10.2 Å². The third-order valence-corrected chi connectivity index (χ3v) is 3.95. The van der Waals surface area contributed by atoms with E-state index in [1.165, 1.54) is 50.9 Å². The summed E-state index contributed by atoms with van der Waals surface area (Å²) in [5.41, 5.74) is 0. The van der Waals surface area contributed by atoms with Crippen molar-refractivity contribution in [1.29, 1.82) is 0 Å². The predicted octanol–water partition coefficient (Wildman–Crippen LogP) is 2.03. The first kappa shape index (κ1) is 11.9. The summed E-state index contributed by atoms with van der Waals surface area (Å²) < 4.78 is 0. The molecule has 0 saturated carbocycles. The summed E-state index contributed by atoms with van der Waals surface area (Å²) in [6, 6.07) is 1.36. The van der Waals surface area contributed by atoms with Gasteiger partial charge in [0.1, 0.15) is 0 Å². The van der Waals surface area contributed by atoms with E-state index in [9.17, 15) is 0 Å². The monoisotopic (exact) mass is 223 g/mol. The Balaban J connectivity index is 1.82.